The number of benzene rings is 1. The minimum Gasteiger partial charge on any atom is -0.348 e. The second-order valence-electron chi connectivity index (χ2n) is 7.41. The van der Waals surface area contributed by atoms with Crippen LogP contribution in [0.25, 0.3) is 0 Å². The first-order valence-electron chi connectivity index (χ1n) is 10.0. The molecule has 1 aliphatic heterocycles. The van der Waals surface area contributed by atoms with Gasteiger partial charge in [-0.1, -0.05) is 42.3 Å². The number of piperidine rings is 1. The maximum atomic E-state index is 12.9. The van der Waals surface area contributed by atoms with Crippen LogP contribution in [0.1, 0.15) is 36.8 Å². The van der Waals surface area contributed by atoms with Gasteiger partial charge < -0.3 is 10.6 Å². The average molecular weight is 450 g/mol. The third kappa shape index (κ3) is 5.68. The molecule has 1 atom stereocenters. The van der Waals surface area contributed by atoms with Crippen molar-refractivity contribution in [1.29, 1.82) is 0 Å². The molecule has 0 unspecified atom stereocenters. The van der Waals surface area contributed by atoms with Gasteiger partial charge in [-0.2, -0.15) is 4.31 Å². The molecule has 0 radical (unpaired) electrons. The fourth-order valence-corrected chi connectivity index (χ4v) is 6.35. The topological polar surface area (TPSA) is 95.6 Å². The molecule has 1 aromatic heterocycles. The van der Waals surface area contributed by atoms with Gasteiger partial charge in [0.25, 0.3) is 10.0 Å². The molecule has 2 amide bonds. The predicted octanol–water partition coefficient (Wildman–Crippen LogP) is 2.42. The van der Waals surface area contributed by atoms with Crippen molar-refractivity contribution in [3.63, 3.8) is 0 Å². The van der Waals surface area contributed by atoms with E-state index >= 15 is 0 Å². The molecule has 3 rings (SSSR count). The smallest absolute Gasteiger partial charge is 0.309 e. The van der Waals surface area contributed by atoms with Gasteiger partial charge in [-0.3, -0.25) is 9.59 Å². The number of hydrogen-bond donors (Lipinski definition) is 2. The zero-order valence-corrected chi connectivity index (χ0v) is 18.6. The Labute approximate surface area is 181 Å². The number of hydrogen-bond acceptors (Lipinski definition) is 5. The Hall–Kier alpha value is -2.23. The number of amides is 2. The molecule has 0 spiro atoms. The minimum atomic E-state index is -3.52. The molecule has 7 nitrogen and oxygen atoms in total. The zero-order chi connectivity index (χ0) is 21.6. The van der Waals surface area contributed by atoms with E-state index in [2.05, 4.69) is 10.6 Å². The number of sulfonamides is 1. The van der Waals surface area contributed by atoms with Gasteiger partial charge in [0.15, 0.2) is 0 Å². The van der Waals surface area contributed by atoms with Crippen LogP contribution in [0.5, 0.6) is 0 Å². The van der Waals surface area contributed by atoms with Crippen LogP contribution in [0.2, 0.25) is 0 Å². The van der Waals surface area contributed by atoms with Crippen molar-refractivity contribution in [1.82, 2.24) is 14.9 Å². The Balaban J connectivity index is 1.48. The van der Waals surface area contributed by atoms with Crippen LogP contribution in [0.3, 0.4) is 0 Å². The summed E-state index contributed by atoms with van der Waals surface area (Å²) >= 11 is 1.21. The van der Waals surface area contributed by atoms with Crippen molar-refractivity contribution in [3.05, 3.63) is 52.9 Å². The van der Waals surface area contributed by atoms with Crippen LogP contribution in [0.4, 0.5) is 0 Å². The van der Waals surface area contributed by atoms with Gasteiger partial charge in [-0.25, -0.2) is 8.42 Å². The van der Waals surface area contributed by atoms with E-state index in [4.69, 9.17) is 0 Å². The molecule has 162 valence electrons. The summed E-state index contributed by atoms with van der Waals surface area (Å²) in [5.74, 6) is -1.40. The van der Waals surface area contributed by atoms with E-state index < -0.39 is 21.8 Å². The fraction of sp³-hybridized carbons (Fsp3) is 0.429. The van der Waals surface area contributed by atoms with Crippen molar-refractivity contribution >= 4 is 33.2 Å². The van der Waals surface area contributed by atoms with E-state index in [1.165, 1.54) is 11.3 Å². The number of carbonyl (C=O) groups excluding carboxylic acids is 2. The Morgan fingerprint density at radius 3 is 2.53 bits per heavy atom. The number of carbonyl (C=O) groups is 2. The second-order valence-corrected chi connectivity index (χ2v) is 10.5. The summed E-state index contributed by atoms with van der Waals surface area (Å²) in [5, 5.41) is 6.97. The van der Waals surface area contributed by atoms with Gasteiger partial charge in [0.1, 0.15) is 4.21 Å². The third-order valence-electron chi connectivity index (χ3n) is 5.17. The van der Waals surface area contributed by atoms with E-state index in [1.807, 2.05) is 31.2 Å². The Morgan fingerprint density at radius 1 is 1.10 bits per heavy atom. The first-order valence-corrected chi connectivity index (χ1v) is 12.4. The molecule has 1 aromatic carbocycles. The summed E-state index contributed by atoms with van der Waals surface area (Å²) in [5.41, 5.74) is 2.04. The SMILES string of the molecule is Cc1ccc(CNC(=O)C(=O)NCC[C@H]2CCCCN2S(=O)(=O)c2cccs2)cc1. The number of rotatable bonds is 7. The number of nitrogens with zero attached hydrogens (tertiary/aromatic N) is 1. The summed E-state index contributed by atoms with van der Waals surface area (Å²) in [4.78, 5) is 24.1. The highest BCUT2D eigenvalue weighted by molar-refractivity contribution is 7.91. The quantitative estimate of drug-likeness (QED) is 0.635. The molecule has 2 heterocycles. The predicted molar refractivity (Wildman–Crippen MR) is 117 cm³/mol. The number of nitrogens with one attached hydrogen (secondary N) is 2. The first kappa shape index (κ1) is 22.5. The second kappa shape index (κ2) is 10.2. The number of aryl methyl sites for hydroxylation is 1. The van der Waals surface area contributed by atoms with E-state index in [0.717, 1.165) is 30.4 Å². The molecule has 1 aliphatic rings. The summed E-state index contributed by atoms with van der Waals surface area (Å²) < 4.78 is 27.7. The first-order chi connectivity index (χ1) is 14.4. The minimum absolute atomic E-state index is 0.179. The van der Waals surface area contributed by atoms with Gasteiger partial charge in [0, 0.05) is 25.7 Å². The molecule has 2 aromatic rings. The zero-order valence-electron chi connectivity index (χ0n) is 17.0. The van der Waals surface area contributed by atoms with Crippen LogP contribution in [-0.2, 0) is 26.2 Å². The number of thiophene rings is 1. The maximum Gasteiger partial charge on any atom is 0.309 e. The summed E-state index contributed by atoms with van der Waals surface area (Å²) in [6.45, 7) is 2.99. The highest BCUT2D eigenvalue weighted by Crippen LogP contribution is 2.28. The standard InChI is InChI=1S/C21H27N3O4S2/c1-16-7-9-17(10-8-16)15-23-21(26)20(25)22-12-11-18-5-2-3-13-24(18)30(27,28)19-6-4-14-29-19/h4,6-10,14,18H,2-3,5,11-13,15H2,1H3,(H,22,25)(H,23,26)/t18-/m1/s1. The van der Waals surface area contributed by atoms with E-state index in [-0.39, 0.29) is 19.1 Å². The van der Waals surface area contributed by atoms with Crippen molar-refractivity contribution in [3.8, 4) is 0 Å². The average Bonchev–Trinajstić information content (AvgIpc) is 3.29. The van der Waals surface area contributed by atoms with Crippen LogP contribution in [0, 0.1) is 6.92 Å². The Kier molecular flexibility index (Phi) is 7.63. The van der Waals surface area contributed by atoms with Crippen LogP contribution < -0.4 is 10.6 Å². The lowest BCUT2D eigenvalue weighted by Gasteiger charge is -2.34. The van der Waals surface area contributed by atoms with Crippen molar-refractivity contribution in [2.45, 2.75) is 49.4 Å². The lowest BCUT2D eigenvalue weighted by atomic mass is 10.0. The normalized spacial score (nSPS) is 17.4. The molecule has 0 bridgehead atoms. The van der Waals surface area contributed by atoms with Crippen molar-refractivity contribution in [2.24, 2.45) is 0 Å². The monoisotopic (exact) mass is 449 g/mol. The van der Waals surface area contributed by atoms with E-state index in [0.29, 0.717) is 17.2 Å². The van der Waals surface area contributed by atoms with E-state index in [1.54, 1.807) is 21.8 Å². The van der Waals surface area contributed by atoms with Gasteiger partial charge >= 0.3 is 11.8 Å². The van der Waals surface area contributed by atoms with Gasteiger partial charge in [-0.15, -0.1) is 11.3 Å². The molecule has 0 saturated carbocycles. The molecule has 30 heavy (non-hydrogen) atoms. The van der Waals surface area contributed by atoms with Crippen LogP contribution in [-0.4, -0.2) is 43.7 Å². The lowest BCUT2D eigenvalue weighted by Crippen LogP contribution is -2.46. The molecule has 9 heteroatoms. The van der Waals surface area contributed by atoms with Crippen molar-refractivity contribution in [2.75, 3.05) is 13.1 Å². The molecule has 0 aliphatic carbocycles. The van der Waals surface area contributed by atoms with Gasteiger partial charge in [-0.05, 0) is 43.2 Å². The molecular weight excluding hydrogens is 422 g/mol. The third-order valence-corrected chi connectivity index (χ3v) is 8.50. The maximum absolute atomic E-state index is 12.9. The highest BCUT2D eigenvalue weighted by atomic mass is 32.2. The molecule has 1 saturated heterocycles. The highest BCUT2D eigenvalue weighted by Gasteiger charge is 2.33. The largest absolute Gasteiger partial charge is 0.348 e. The molecular formula is C21H27N3O4S2. The van der Waals surface area contributed by atoms with Crippen molar-refractivity contribution < 1.29 is 18.0 Å². The lowest BCUT2D eigenvalue weighted by molar-refractivity contribution is -0.139. The summed E-state index contributed by atoms with van der Waals surface area (Å²) in [6.07, 6.45) is 3.00. The Morgan fingerprint density at radius 2 is 1.83 bits per heavy atom. The fourth-order valence-electron chi connectivity index (χ4n) is 3.51. The van der Waals surface area contributed by atoms with Gasteiger partial charge in [0.2, 0.25) is 0 Å². The summed E-state index contributed by atoms with van der Waals surface area (Å²) in [7, 11) is -3.52. The van der Waals surface area contributed by atoms with Crippen LogP contribution in [0.15, 0.2) is 46.0 Å². The summed E-state index contributed by atoms with van der Waals surface area (Å²) in [6, 6.07) is 10.9. The van der Waals surface area contributed by atoms with Crippen LogP contribution >= 0.6 is 11.3 Å². The Bertz CT molecular complexity index is 957. The van der Waals surface area contributed by atoms with E-state index in [9.17, 15) is 18.0 Å². The molecule has 1 fully saturated rings. The molecule has 2 N–H and O–H groups in total. The van der Waals surface area contributed by atoms with Gasteiger partial charge in [0.05, 0.1) is 0 Å².